The molecule has 0 bridgehead atoms. The predicted octanol–water partition coefficient (Wildman–Crippen LogP) is 2.76. The lowest BCUT2D eigenvalue weighted by atomic mass is 9.95. The van der Waals surface area contributed by atoms with Crippen LogP contribution < -0.4 is 5.32 Å². The Balaban J connectivity index is 2.69. The van der Waals surface area contributed by atoms with E-state index in [1.807, 2.05) is 6.92 Å². The third-order valence-corrected chi connectivity index (χ3v) is 6.55. The second-order valence-corrected chi connectivity index (χ2v) is 7.99. The number of hydrogen-bond donors (Lipinski definition) is 1. The summed E-state index contributed by atoms with van der Waals surface area (Å²) in [6.07, 6.45) is 6.10. The van der Waals surface area contributed by atoms with E-state index in [0.717, 1.165) is 45.1 Å². The summed E-state index contributed by atoms with van der Waals surface area (Å²) in [5.41, 5.74) is 0. The van der Waals surface area contributed by atoms with E-state index >= 15 is 0 Å². The molecule has 4 heteroatoms. The smallest absolute Gasteiger partial charge is 0.154 e. The van der Waals surface area contributed by atoms with Crippen molar-refractivity contribution in [3.05, 3.63) is 0 Å². The summed E-state index contributed by atoms with van der Waals surface area (Å²) in [6.45, 7) is 7.15. The van der Waals surface area contributed by atoms with Gasteiger partial charge in [-0.25, -0.2) is 8.42 Å². The maximum atomic E-state index is 12.5. The van der Waals surface area contributed by atoms with E-state index in [-0.39, 0.29) is 17.2 Å². The van der Waals surface area contributed by atoms with Crippen LogP contribution in [0.1, 0.15) is 59.3 Å². The van der Waals surface area contributed by atoms with Gasteiger partial charge in [0.15, 0.2) is 9.84 Å². The van der Waals surface area contributed by atoms with Crippen molar-refractivity contribution in [1.29, 1.82) is 0 Å². The van der Waals surface area contributed by atoms with Gasteiger partial charge in [-0.3, -0.25) is 0 Å². The molecule has 108 valence electrons. The molecule has 1 N–H and O–H groups in total. The largest absolute Gasteiger partial charge is 0.313 e. The molecule has 3 atom stereocenters. The molecule has 1 fully saturated rings. The Morgan fingerprint density at radius 2 is 1.89 bits per heavy atom. The van der Waals surface area contributed by atoms with Crippen LogP contribution in [-0.2, 0) is 9.84 Å². The summed E-state index contributed by atoms with van der Waals surface area (Å²) in [4.78, 5) is 0. The standard InChI is InChI=1S/C14H29NO2S/c1-4-10-15-13-8-6-7-9-14(13)18(16,17)11-12(3)5-2/h12-15H,4-11H2,1-3H3. The van der Waals surface area contributed by atoms with Gasteiger partial charge in [0.2, 0.25) is 0 Å². The summed E-state index contributed by atoms with van der Waals surface area (Å²) in [7, 11) is -2.94. The van der Waals surface area contributed by atoms with E-state index in [4.69, 9.17) is 0 Å². The Kier molecular flexibility index (Phi) is 6.64. The van der Waals surface area contributed by atoms with Gasteiger partial charge in [0, 0.05) is 6.04 Å². The molecule has 1 aliphatic rings. The SMILES string of the molecule is CCCNC1CCCCC1S(=O)(=O)CC(C)CC. The summed E-state index contributed by atoms with van der Waals surface area (Å²) in [5, 5.41) is 3.29. The fraction of sp³-hybridized carbons (Fsp3) is 1.00. The molecule has 0 saturated heterocycles. The Hall–Kier alpha value is -0.0900. The Morgan fingerprint density at radius 1 is 1.22 bits per heavy atom. The van der Waals surface area contributed by atoms with Crippen molar-refractivity contribution in [1.82, 2.24) is 5.32 Å². The van der Waals surface area contributed by atoms with Gasteiger partial charge in [0.1, 0.15) is 0 Å². The minimum absolute atomic E-state index is 0.146. The molecule has 0 aliphatic heterocycles. The number of sulfone groups is 1. The van der Waals surface area contributed by atoms with Crippen LogP contribution in [0.15, 0.2) is 0 Å². The van der Waals surface area contributed by atoms with Crippen LogP contribution in [-0.4, -0.2) is 32.0 Å². The number of rotatable bonds is 7. The highest BCUT2D eigenvalue weighted by molar-refractivity contribution is 7.92. The van der Waals surface area contributed by atoms with Crippen molar-refractivity contribution < 1.29 is 8.42 Å². The average Bonchev–Trinajstić information content (AvgIpc) is 2.36. The monoisotopic (exact) mass is 275 g/mol. The number of hydrogen-bond acceptors (Lipinski definition) is 3. The quantitative estimate of drug-likeness (QED) is 0.777. The molecule has 3 nitrogen and oxygen atoms in total. The predicted molar refractivity (Wildman–Crippen MR) is 77.6 cm³/mol. The van der Waals surface area contributed by atoms with E-state index < -0.39 is 9.84 Å². The number of nitrogens with one attached hydrogen (secondary N) is 1. The summed E-state index contributed by atoms with van der Waals surface area (Å²) in [5.74, 6) is 0.641. The van der Waals surface area contributed by atoms with Crippen LogP contribution in [0.5, 0.6) is 0 Å². The molecule has 3 unspecified atom stereocenters. The maximum Gasteiger partial charge on any atom is 0.154 e. The molecule has 1 aliphatic carbocycles. The fourth-order valence-electron chi connectivity index (χ4n) is 2.73. The molecular formula is C14H29NO2S. The zero-order valence-corrected chi connectivity index (χ0v) is 12.9. The lowest BCUT2D eigenvalue weighted by Crippen LogP contribution is -2.47. The molecule has 1 saturated carbocycles. The normalized spacial score (nSPS) is 27.1. The molecule has 0 spiro atoms. The van der Waals surface area contributed by atoms with Crippen molar-refractivity contribution in [3.63, 3.8) is 0 Å². The van der Waals surface area contributed by atoms with E-state index in [1.165, 1.54) is 0 Å². The van der Waals surface area contributed by atoms with Crippen molar-refractivity contribution >= 4 is 9.84 Å². The highest BCUT2D eigenvalue weighted by atomic mass is 32.2. The van der Waals surface area contributed by atoms with Gasteiger partial charge >= 0.3 is 0 Å². The van der Waals surface area contributed by atoms with E-state index in [0.29, 0.717) is 5.75 Å². The highest BCUT2D eigenvalue weighted by Crippen LogP contribution is 2.26. The molecule has 0 amide bonds. The van der Waals surface area contributed by atoms with Crippen LogP contribution in [0, 0.1) is 5.92 Å². The summed E-state index contributed by atoms with van der Waals surface area (Å²) in [6, 6.07) is 0.188. The van der Waals surface area contributed by atoms with Crippen molar-refractivity contribution in [3.8, 4) is 0 Å². The van der Waals surface area contributed by atoms with Gasteiger partial charge in [-0.1, -0.05) is 40.0 Å². The third kappa shape index (κ3) is 4.54. The van der Waals surface area contributed by atoms with Crippen molar-refractivity contribution in [2.75, 3.05) is 12.3 Å². The third-order valence-electron chi connectivity index (χ3n) is 4.03. The molecule has 0 aromatic carbocycles. The highest BCUT2D eigenvalue weighted by Gasteiger charge is 2.35. The summed E-state index contributed by atoms with van der Waals surface area (Å²) < 4.78 is 25.0. The molecule has 18 heavy (non-hydrogen) atoms. The van der Waals surface area contributed by atoms with Crippen LogP contribution >= 0.6 is 0 Å². The van der Waals surface area contributed by atoms with E-state index in [1.54, 1.807) is 0 Å². The molecular weight excluding hydrogens is 246 g/mol. The Morgan fingerprint density at radius 3 is 2.50 bits per heavy atom. The lowest BCUT2D eigenvalue weighted by Gasteiger charge is -2.32. The van der Waals surface area contributed by atoms with Crippen molar-refractivity contribution in [2.45, 2.75) is 70.6 Å². The summed E-state index contributed by atoms with van der Waals surface area (Å²) >= 11 is 0. The van der Waals surface area contributed by atoms with Gasteiger partial charge < -0.3 is 5.32 Å². The first-order chi connectivity index (χ1) is 8.51. The molecule has 0 aromatic heterocycles. The second-order valence-electron chi connectivity index (χ2n) is 5.73. The Bertz CT molecular complexity index is 327. The van der Waals surface area contributed by atoms with Gasteiger partial charge in [-0.2, -0.15) is 0 Å². The van der Waals surface area contributed by atoms with Crippen molar-refractivity contribution in [2.24, 2.45) is 5.92 Å². The van der Waals surface area contributed by atoms with Crippen LogP contribution in [0.3, 0.4) is 0 Å². The zero-order valence-electron chi connectivity index (χ0n) is 12.1. The van der Waals surface area contributed by atoms with Crippen LogP contribution in [0.25, 0.3) is 0 Å². The van der Waals surface area contributed by atoms with Crippen LogP contribution in [0.4, 0.5) is 0 Å². The topological polar surface area (TPSA) is 46.2 Å². The first-order valence-corrected chi connectivity index (χ1v) is 9.17. The average molecular weight is 275 g/mol. The van der Waals surface area contributed by atoms with Crippen LogP contribution in [0.2, 0.25) is 0 Å². The van der Waals surface area contributed by atoms with Gasteiger partial charge in [0.05, 0.1) is 11.0 Å². The molecule has 0 heterocycles. The molecule has 0 radical (unpaired) electrons. The van der Waals surface area contributed by atoms with Gasteiger partial charge in [-0.15, -0.1) is 0 Å². The second kappa shape index (κ2) is 7.49. The first-order valence-electron chi connectivity index (χ1n) is 7.46. The van der Waals surface area contributed by atoms with E-state index in [2.05, 4.69) is 19.2 Å². The lowest BCUT2D eigenvalue weighted by molar-refractivity contribution is 0.370. The van der Waals surface area contributed by atoms with Gasteiger partial charge in [-0.05, 0) is 31.7 Å². The van der Waals surface area contributed by atoms with E-state index in [9.17, 15) is 8.42 Å². The first kappa shape index (κ1) is 16.0. The fourth-order valence-corrected chi connectivity index (χ4v) is 5.26. The zero-order chi connectivity index (χ0) is 13.6. The molecule has 1 rings (SSSR count). The Labute approximate surface area is 113 Å². The minimum Gasteiger partial charge on any atom is -0.313 e. The minimum atomic E-state index is -2.94. The van der Waals surface area contributed by atoms with Gasteiger partial charge in [0.25, 0.3) is 0 Å². The molecule has 0 aromatic rings. The maximum absolute atomic E-state index is 12.5.